The fourth-order valence-corrected chi connectivity index (χ4v) is 5.95. The Kier molecular flexibility index (Phi) is 17.0. The number of rotatable bonds is 21. The summed E-state index contributed by atoms with van der Waals surface area (Å²) in [4.78, 5) is 0. The Balaban J connectivity index is 2.13. The third-order valence-electron chi connectivity index (χ3n) is 6.01. The lowest BCUT2D eigenvalue weighted by Gasteiger charge is -2.20. The van der Waals surface area contributed by atoms with Crippen LogP contribution in [0.15, 0.2) is 18.2 Å². The normalized spacial score (nSPS) is 13.2. The molecule has 0 saturated heterocycles. The number of benzene rings is 1. The SMILES string of the molecule is CCCCCCCCCCCCCCCCOP(=O)(CCCC)Oc1cc(C)cc(C)c1. The molecule has 0 bridgehead atoms. The first-order valence-electron chi connectivity index (χ1n) is 13.5. The molecule has 0 N–H and O–H groups in total. The van der Waals surface area contributed by atoms with Crippen molar-refractivity contribution in [3.63, 3.8) is 0 Å². The molecule has 1 unspecified atom stereocenters. The summed E-state index contributed by atoms with van der Waals surface area (Å²) in [6, 6.07) is 5.99. The van der Waals surface area contributed by atoms with Crippen LogP contribution in [0.1, 0.15) is 128 Å². The first kappa shape index (κ1) is 29.2. The standard InChI is InChI=1S/C28H51O3P/c1-5-7-9-10-11-12-13-14-15-16-17-18-19-20-21-30-32(29,22-8-6-2)31-28-24-26(3)23-27(4)25-28/h23-25H,5-22H2,1-4H3. The molecule has 0 aromatic heterocycles. The zero-order valence-electron chi connectivity index (χ0n) is 21.6. The van der Waals surface area contributed by atoms with Crippen molar-refractivity contribution >= 4 is 7.60 Å². The van der Waals surface area contributed by atoms with Crippen molar-refractivity contribution in [1.29, 1.82) is 0 Å². The summed E-state index contributed by atoms with van der Waals surface area (Å²) in [6.07, 6.45) is 21.0. The minimum atomic E-state index is -3.08. The van der Waals surface area contributed by atoms with E-state index in [4.69, 9.17) is 9.05 Å². The number of unbranched alkanes of at least 4 members (excludes halogenated alkanes) is 14. The van der Waals surface area contributed by atoms with Gasteiger partial charge in [0.15, 0.2) is 0 Å². The van der Waals surface area contributed by atoms with Crippen LogP contribution in [0.25, 0.3) is 0 Å². The van der Waals surface area contributed by atoms with Crippen molar-refractivity contribution in [2.24, 2.45) is 0 Å². The average Bonchev–Trinajstić information content (AvgIpc) is 2.74. The van der Waals surface area contributed by atoms with E-state index < -0.39 is 7.60 Å². The quantitative estimate of drug-likeness (QED) is 0.133. The maximum atomic E-state index is 13.3. The first-order chi connectivity index (χ1) is 15.5. The van der Waals surface area contributed by atoms with Crippen molar-refractivity contribution in [3.05, 3.63) is 29.3 Å². The lowest BCUT2D eigenvalue weighted by atomic mass is 10.0. The predicted molar refractivity (Wildman–Crippen MR) is 140 cm³/mol. The van der Waals surface area contributed by atoms with Gasteiger partial charge in [-0.25, -0.2) is 4.57 Å². The second kappa shape index (κ2) is 18.6. The maximum absolute atomic E-state index is 13.3. The average molecular weight is 467 g/mol. The Labute approximate surface area is 199 Å². The smallest absolute Gasteiger partial charge is 0.379 e. The Hall–Kier alpha value is -0.790. The molecule has 4 heteroatoms. The molecule has 0 fully saturated rings. The number of aryl methyl sites for hydroxylation is 2. The summed E-state index contributed by atoms with van der Waals surface area (Å²) < 4.78 is 25.0. The zero-order valence-corrected chi connectivity index (χ0v) is 22.5. The van der Waals surface area contributed by atoms with Crippen LogP contribution in [-0.2, 0) is 9.09 Å². The van der Waals surface area contributed by atoms with E-state index in [9.17, 15) is 4.57 Å². The number of hydrogen-bond donors (Lipinski definition) is 0. The molecule has 0 aliphatic heterocycles. The van der Waals surface area contributed by atoms with Gasteiger partial charge in [-0.2, -0.15) is 0 Å². The highest BCUT2D eigenvalue weighted by molar-refractivity contribution is 7.54. The molecule has 0 aliphatic rings. The van der Waals surface area contributed by atoms with Crippen molar-refractivity contribution in [2.45, 2.75) is 130 Å². The van der Waals surface area contributed by atoms with E-state index in [-0.39, 0.29) is 0 Å². The molecule has 0 radical (unpaired) electrons. The molecule has 186 valence electrons. The molecule has 0 heterocycles. The van der Waals surface area contributed by atoms with E-state index in [1.807, 2.05) is 26.0 Å². The second-order valence-corrected chi connectivity index (χ2v) is 11.6. The van der Waals surface area contributed by atoms with Gasteiger partial charge in [0.05, 0.1) is 12.8 Å². The molecule has 0 aliphatic carbocycles. The molecule has 1 rings (SSSR count). The van der Waals surface area contributed by atoms with Crippen LogP contribution in [0.2, 0.25) is 0 Å². The van der Waals surface area contributed by atoms with E-state index >= 15 is 0 Å². The van der Waals surface area contributed by atoms with Crippen LogP contribution in [0, 0.1) is 13.8 Å². The monoisotopic (exact) mass is 466 g/mol. The third-order valence-corrected chi connectivity index (χ3v) is 7.94. The van der Waals surface area contributed by atoms with Crippen molar-refractivity contribution in [3.8, 4) is 5.75 Å². The lowest BCUT2D eigenvalue weighted by Crippen LogP contribution is -2.04. The molecule has 1 aromatic rings. The Morgan fingerprint density at radius 3 is 1.53 bits per heavy atom. The summed E-state index contributed by atoms with van der Waals surface area (Å²) in [5, 5.41) is 0. The topological polar surface area (TPSA) is 35.5 Å². The summed E-state index contributed by atoms with van der Waals surface area (Å²) in [6.45, 7) is 8.98. The minimum absolute atomic E-state index is 0.495. The predicted octanol–water partition coefficient (Wildman–Crippen LogP) is 10.2. The van der Waals surface area contributed by atoms with Gasteiger partial charge in [0.25, 0.3) is 0 Å². The molecule has 1 atom stereocenters. The van der Waals surface area contributed by atoms with Crippen LogP contribution in [0.4, 0.5) is 0 Å². The van der Waals surface area contributed by atoms with Gasteiger partial charge in [0, 0.05) is 0 Å². The van der Waals surface area contributed by atoms with Crippen LogP contribution in [-0.4, -0.2) is 12.8 Å². The van der Waals surface area contributed by atoms with Crippen LogP contribution >= 0.6 is 7.60 Å². The molecule has 3 nitrogen and oxygen atoms in total. The van der Waals surface area contributed by atoms with Gasteiger partial charge in [-0.05, 0) is 49.9 Å². The van der Waals surface area contributed by atoms with E-state index in [2.05, 4.69) is 19.9 Å². The Bertz CT molecular complexity index is 609. The van der Waals surface area contributed by atoms with E-state index in [0.717, 1.165) is 36.8 Å². The first-order valence-corrected chi connectivity index (χ1v) is 15.2. The van der Waals surface area contributed by atoms with Gasteiger partial charge in [-0.15, -0.1) is 0 Å². The van der Waals surface area contributed by atoms with Gasteiger partial charge < -0.3 is 4.52 Å². The van der Waals surface area contributed by atoms with Gasteiger partial charge in [0.2, 0.25) is 0 Å². The molecule has 0 spiro atoms. The molecular formula is C28H51O3P. The van der Waals surface area contributed by atoms with Gasteiger partial charge in [-0.3, -0.25) is 4.52 Å². The van der Waals surface area contributed by atoms with Crippen molar-refractivity contribution < 1.29 is 13.6 Å². The van der Waals surface area contributed by atoms with E-state index in [1.54, 1.807) is 0 Å². The highest BCUT2D eigenvalue weighted by atomic mass is 31.2. The van der Waals surface area contributed by atoms with Crippen molar-refractivity contribution in [2.75, 3.05) is 12.8 Å². The molecule has 32 heavy (non-hydrogen) atoms. The molecular weight excluding hydrogens is 415 g/mol. The summed E-state index contributed by atoms with van der Waals surface area (Å²) >= 11 is 0. The van der Waals surface area contributed by atoms with E-state index in [1.165, 1.54) is 77.0 Å². The maximum Gasteiger partial charge on any atom is 0.379 e. The van der Waals surface area contributed by atoms with Crippen LogP contribution in [0.5, 0.6) is 5.75 Å². The summed E-state index contributed by atoms with van der Waals surface area (Å²) in [5.41, 5.74) is 2.24. The second-order valence-electron chi connectivity index (χ2n) is 9.53. The molecule has 0 amide bonds. The van der Waals surface area contributed by atoms with Crippen LogP contribution < -0.4 is 4.52 Å². The third kappa shape index (κ3) is 15.1. The van der Waals surface area contributed by atoms with Gasteiger partial charge in [-0.1, -0.05) is 110 Å². The zero-order chi connectivity index (χ0) is 23.5. The summed E-state index contributed by atoms with van der Waals surface area (Å²) in [5.74, 6) is 0.669. The van der Waals surface area contributed by atoms with Crippen LogP contribution in [0.3, 0.4) is 0 Å². The highest BCUT2D eigenvalue weighted by Crippen LogP contribution is 2.49. The fourth-order valence-electron chi connectivity index (χ4n) is 4.13. The summed E-state index contributed by atoms with van der Waals surface area (Å²) in [7, 11) is -3.08. The lowest BCUT2D eigenvalue weighted by molar-refractivity contribution is 0.256. The minimum Gasteiger partial charge on any atom is -0.424 e. The Morgan fingerprint density at radius 1 is 0.625 bits per heavy atom. The highest BCUT2D eigenvalue weighted by Gasteiger charge is 2.25. The fraction of sp³-hybridized carbons (Fsp3) is 0.786. The van der Waals surface area contributed by atoms with Crippen molar-refractivity contribution in [1.82, 2.24) is 0 Å². The van der Waals surface area contributed by atoms with Gasteiger partial charge >= 0.3 is 7.60 Å². The van der Waals surface area contributed by atoms with Gasteiger partial charge in [0.1, 0.15) is 5.75 Å². The van der Waals surface area contributed by atoms with E-state index in [0.29, 0.717) is 18.5 Å². The largest absolute Gasteiger partial charge is 0.424 e. The molecule has 1 aromatic carbocycles. The molecule has 0 saturated carbocycles. The Morgan fingerprint density at radius 2 is 1.06 bits per heavy atom. The number of hydrogen-bond acceptors (Lipinski definition) is 3.